The molecular weight excluding hydrogens is 467 g/mol. The lowest BCUT2D eigenvalue weighted by Gasteiger charge is -2.23. The predicted octanol–water partition coefficient (Wildman–Crippen LogP) is 3.79. The molecule has 1 aliphatic rings. The van der Waals surface area contributed by atoms with Crippen molar-refractivity contribution in [3.63, 3.8) is 0 Å². The van der Waals surface area contributed by atoms with Gasteiger partial charge in [0.05, 0.1) is 24.5 Å². The van der Waals surface area contributed by atoms with Crippen molar-refractivity contribution in [2.75, 3.05) is 0 Å². The fourth-order valence-corrected chi connectivity index (χ4v) is 5.57. The number of rotatable bonds is 6. The third-order valence-corrected chi connectivity index (χ3v) is 7.06. The van der Waals surface area contributed by atoms with Gasteiger partial charge in [0.25, 0.3) is 5.56 Å². The van der Waals surface area contributed by atoms with Gasteiger partial charge in [-0.25, -0.2) is 4.98 Å². The average Bonchev–Trinajstić information content (AvgIpc) is 3.37. The fraction of sp³-hybridized carbons (Fsp3) is 0.348. The Hall–Kier alpha value is -3.18. The number of hydrogen-bond acceptors (Lipinski definition) is 6. The lowest BCUT2D eigenvalue weighted by atomic mass is 9.93. The molecule has 3 heterocycles. The van der Waals surface area contributed by atoms with E-state index in [4.69, 9.17) is 0 Å². The van der Waals surface area contributed by atoms with Crippen molar-refractivity contribution >= 4 is 21.6 Å². The van der Waals surface area contributed by atoms with Gasteiger partial charge < -0.3 is 10.1 Å². The molecule has 1 aliphatic carbocycles. The van der Waals surface area contributed by atoms with E-state index in [1.54, 1.807) is 45.2 Å². The van der Waals surface area contributed by atoms with Gasteiger partial charge in [-0.1, -0.05) is 12.1 Å². The quantitative estimate of drug-likeness (QED) is 0.446. The molecule has 0 saturated carbocycles. The van der Waals surface area contributed by atoms with E-state index in [0.29, 0.717) is 18.5 Å². The second-order valence-electron chi connectivity index (χ2n) is 8.40. The summed E-state index contributed by atoms with van der Waals surface area (Å²) in [6.07, 6.45) is 2.96. The number of nitrogens with zero attached hydrogens (tertiary/aromatic N) is 4. The molecule has 0 saturated heterocycles. The first-order valence-electron chi connectivity index (χ1n) is 10.8. The topological polar surface area (TPSA) is 74.0 Å². The molecule has 11 heteroatoms. The molecule has 1 N–H and O–H groups in total. The zero-order chi connectivity index (χ0) is 23.9. The molecule has 0 spiro atoms. The monoisotopic (exact) mass is 489 g/mol. The van der Waals surface area contributed by atoms with E-state index in [0.717, 1.165) is 45.7 Å². The number of alkyl halides is 3. The highest BCUT2D eigenvalue weighted by atomic mass is 32.1. The molecule has 0 unspecified atom stereocenters. The Labute approximate surface area is 196 Å². The maximum absolute atomic E-state index is 13.2. The standard InChI is InChI=1S/C23H22F3N5O2S/c1-30-11-15(10-29-30)12-31-13-28-21-20(22(31)32)18-7-4-16(8-19(18)34-21)27-9-14-2-5-17(6-3-14)33-23(24,25)26/h2-3,5-6,10-11,13,16,27H,4,7-9,12H2,1H3/t16-/m1/s1. The van der Waals surface area contributed by atoms with E-state index in [1.807, 2.05) is 13.2 Å². The van der Waals surface area contributed by atoms with Crippen molar-refractivity contribution in [1.82, 2.24) is 24.6 Å². The lowest BCUT2D eigenvalue weighted by Crippen LogP contribution is -2.33. The van der Waals surface area contributed by atoms with E-state index >= 15 is 0 Å². The molecule has 4 aromatic rings. The van der Waals surface area contributed by atoms with Gasteiger partial charge in [-0.15, -0.1) is 24.5 Å². The predicted molar refractivity (Wildman–Crippen MR) is 122 cm³/mol. The molecule has 0 fully saturated rings. The van der Waals surface area contributed by atoms with Gasteiger partial charge >= 0.3 is 6.36 Å². The number of thiophene rings is 1. The fourth-order valence-electron chi connectivity index (χ4n) is 4.31. The van der Waals surface area contributed by atoms with E-state index < -0.39 is 6.36 Å². The van der Waals surface area contributed by atoms with Crippen LogP contribution in [0.5, 0.6) is 5.75 Å². The first kappa shape index (κ1) is 22.6. The number of hydrogen-bond donors (Lipinski definition) is 1. The van der Waals surface area contributed by atoms with E-state index in [1.165, 1.54) is 12.1 Å². The van der Waals surface area contributed by atoms with Gasteiger partial charge in [-0.05, 0) is 42.5 Å². The van der Waals surface area contributed by atoms with Gasteiger partial charge in [0.15, 0.2) is 0 Å². The molecule has 3 aromatic heterocycles. The molecule has 5 rings (SSSR count). The third kappa shape index (κ3) is 4.85. The van der Waals surface area contributed by atoms with Crippen molar-refractivity contribution in [2.24, 2.45) is 7.05 Å². The lowest BCUT2D eigenvalue weighted by molar-refractivity contribution is -0.274. The number of fused-ring (bicyclic) bond motifs is 3. The van der Waals surface area contributed by atoms with Gasteiger partial charge in [0.2, 0.25) is 0 Å². The number of halogens is 3. The maximum Gasteiger partial charge on any atom is 0.573 e. The zero-order valence-corrected chi connectivity index (χ0v) is 19.1. The molecule has 0 aliphatic heterocycles. The van der Waals surface area contributed by atoms with Crippen LogP contribution in [0.3, 0.4) is 0 Å². The molecule has 34 heavy (non-hydrogen) atoms. The van der Waals surface area contributed by atoms with Crippen LogP contribution in [0.2, 0.25) is 0 Å². The van der Waals surface area contributed by atoms with Crippen LogP contribution in [-0.2, 0) is 33.0 Å². The SMILES string of the molecule is Cn1cc(Cn2cnc3sc4c(c3c2=O)CC[C@@H](NCc2ccc(OC(F)(F)F)cc2)C4)cn1. The van der Waals surface area contributed by atoms with Crippen LogP contribution < -0.4 is 15.6 Å². The smallest absolute Gasteiger partial charge is 0.406 e. The van der Waals surface area contributed by atoms with Crippen LogP contribution >= 0.6 is 11.3 Å². The van der Waals surface area contributed by atoms with Crippen molar-refractivity contribution in [1.29, 1.82) is 0 Å². The minimum atomic E-state index is -4.69. The zero-order valence-electron chi connectivity index (χ0n) is 18.3. The molecule has 1 atom stereocenters. The Kier molecular flexibility index (Phi) is 5.90. The summed E-state index contributed by atoms with van der Waals surface area (Å²) in [6.45, 7) is 0.963. The summed E-state index contributed by atoms with van der Waals surface area (Å²) in [7, 11) is 1.84. The van der Waals surface area contributed by atoms with Crippen molar-refractivity contribution < 1.29 is 17.9 Å². The Morgan fingerprint density at radius 2 is 2.03 bits per heavy atom. The Balaban J connectivity index is 1.27. The average molecular weight is 490 g/mol. The van der Waals surface area contributed by atoms with Crippen molar-refractivity contribution in [3.05, 3.63) is 74.9 Å². The summed E-state index contributed by atoms with van der Waals surface area (Å²) in [6, 6.07) is 6.09. The molecule has 0 bridgehead atoms. The highest BCUT2D eigenvalue weighted by Gasteiger charge is 2.31. The molecule has 1 aromatic carbocycles. The summed E-state index contributed by atoms with van der Waals surface area (Å²) in [4.78, 5) is 19.7. The third-order valence-electron chi connectivity index (χ3n) is 5.90. The van der Waals surface area contributed by atoms with Crippen molar-refractivity contribution in [2.45, 2.75) is 44.8 Å². The summed E-state index contributed by atoms with van der Waals surface area (Å²) in [5.41, 5.74) is 2.87. The summed E-state index contributed by atoms with van der Waals surface area (Å²) in [5, 5.41) is 8.35. The second kappa shape index (κ2) is 8.88. The number of aromatic nitrogens is 4. The first-order valence-corrected chi connectivity index (χ1v) is 11.6. The van der Waals surface area contributed by atoms with Gasteiger partial charge in [0.1, 0.15) is 10.6 Å². The van der Waals surface area contributed by atoms with Crippen LogP contribution in [0.25, 0.3) is 10.2 Å². The summed E-state index contributed by atoms with van der Waals surface area (Å²) in [5.74, 6) is -0.231. The minimum absolute atomic E-state index is 0.0288. The van der Waals surface area contributed by atoms with Gasteiger partial charge in [-0.3, -0.25) is 14.0 Å². The Bertz CT molecular complexity index is 1370. The number of nitrogens with one attached hydrogen (secondary N) is 1. The molecule has 178 valence electrons. The molecule has 0 radical (unpaired) electrons. The Morgan fingerprint density at radius 1 is 1.24 bits per heavy atom. The largest absolute Gasteiger partial charge is 0.573 e. The molecular formula is C23H22F3N5O2S. The summed E-state index contributed by atoms with van der Waals surface area (Å²) < 4.78 is 44.2. The highest BCUT2D eigenvalue weighted by Crippen LogP contribution is 2.34. The number of aryl methyl sites for hydroxylation is 2. The van der Waals surface area contributed by atoms with E-state index in [2.05, 4.69) is 20.1 Å². The minimum Gasteiger partial charge on any atom is -0.406 e. The van der Waals surface area contributed by atoms with E-state index in [9.17, 15) is 18.0 Å². The maximum atomic E-state index is 13.2. The van der Waals surface area contributed by atoms with Gasteiger partial charge in [-0.2, -0.15) is 5.10 Å². The van der Waals surface area contributed by atoms with Crippen LogP contribution in [0.1, 0.15) is 28.0 Å². The number of ether oxygens (including phenoxy) is 1. The number of benzene rings is 1. The second-order valence-corrected chi connectivity index (χ2v) is 9.48. The summed E-state index contributed by atoms with van der Waals surface area (Å²) >= 11 is 1.56. The Morgan fingerprint density at radius 3 is 2.74 bits per heavy atom. The van der Waals surface area contributed by atoms with Crippen LogP contribution in [0.4, 0.5) is 13.2 Å². The normalized spacial score (nSPS) is 16.1. The van der Waals surface area contributed by atoms with Gasteiger partial charge in [0, 0.05) is 36.3 Å². The van der Waals surface area contributed by atoms with Crippen LogP contribution in [-0.4, -0.2) is 31.7 Å². The van der Waals surface area contributed by atoms with Crippen LogP contribution in [0.15, 0.2) is 47.8 Å². The first-order chi connectivity index (χ1) is 16.2. The highest BCUT2D eigenvalue weighted by molar-refractivity contribution is 7.18. The van der Waals surface area contributed by atoms with Crippen molar-refractivity contribution in [3.8, 4) is 5.75 Å². The van der Waals surface area contributed by atoms with E-state index in [-0.39, 0.29) is 17.4 Å². The molecule has 7 nitrogen and oxygen atoms in total. The molecule has 0 amide bonds. The van der Waals surface area contributed by atoms with Crippen LogP contribution in [0, 0.1) is 0 Å².